The van der Waals surface area contributed by atoms with Crippen molar-refractivity contribution in [3.05, 3.63) is 101 Å². The minimum Gasteiger partial charge on any atom is -0.350 e. The molecule has 0 bridgehead atoms. The van der Waals surface area contributed by atoms with Crippen molar-refractivity contribution in [2.75, 3.05) is 0 Å². The minimum atomic E-state index is -0.747. The zero-order valence-corrected chi connectivity index (χ0v) is 16.5. The van der Waals surface area contributed by atoms with Crippen molar-refractivity contribution < 1.29 is 14.0 Å². The largest absolute Gasteiger partial charge is 0.350 e. The van der Waals surface area contributed by atoms with Gasteiger partial charge >= 0.3 is 0 Å². The van der Waals surface area contributed by atoms with E-state index in [-0.39, 0.29) is 30.7 Å². The number of aromatic amines is 1. The van der Waals surface area contributed by atoms with E-state index in [1.807, 2.05) is 30.3 Å². The molecule has 2 aromatic carbocycles. The molecule has 0 spiro atoms. The Morgan fingerprint density at radius 1 is 1.10 bits per heavy atom. The fraction of sp³-hybridized carbons (Fsp3) is 0.125. The molecule has 3 heterocycles. The molecule has 0 radical (unpaired) electrons. The Morgan fingerprint density at radius 2 is 1.90 bits per heavy atom. The third-order valence-corrected chi connectivity index (χ3v) is 5.47. The summed E-state index contributed by atoms with van der Waals surface area (Å²) < 4.78 is 13.1. The Morgan fingerprint density at radius 3 is 2.71 bits per heavy atom. The summed E-state index contributed by atoms with van der Waals surface area (Å²) in [6.45, 7) is 0.495. The van der Waals surface area contributed by atoms with Crippen LogP contribution in [0.2, 0.25) is 0 Å². The molecule has 1 aliphatic heterocycles. The standard InChI is InChI=1S/C24H19FN4O2/c25-17-9-7-15(8-10-17)13-27-23(30)21-19-5-1-2-6-20(19)24(31)29(21)14-18-12-16-4-3-11-26-22(16)28-18/h1-12,21H,13-14H2,(H,26,28)(H,27,30). The minimum absolute atomic E-state index is 0.191. The molecule has 1 atom stereocenters. The third kappa shape index (κ3) is 3.54. The lowest BCUT2D eigenvalue weighted by atomic mass is 10.0. The average Bonchev–Trinajstić information content (AvgIpc) is 3.32. The van der Waals surface area contributed by atoms with Crippen molar-refractivity contribution in [2.45, 2.75) is 19.1 Å². The highest BCUT2D eigenvalue weighted by molar-refractivity contribution is 6.04. The van der Waals surface area contributed by atoms with Crippen LogP contribution in [0.25, 0.3) is 11.0 Å². The van der Waals surface area contributed by atoms with Crippen molar-refractivity contribution in [1.82, 2.24) is 20.2 Å². The fourth-order valence-corrected chi connectivity index (χ4v) is 3.99. The number of nitrogens with zero attached hydrogens (tertiary/aromatic N) is 2. The van der Waals surface area contributed by atoms with Gasteiger partial charge in [0, 0.05) is 29.4 Å². The molecule has 1 aliphatic rings. The summed E-state index contributed by atoms with van der Waals surface area (Å²) in [5.41, 5.74) is 3.52. The Hall–Kier alpha value is -4.00. The molecule has 6 nitrogen and oxygen atoms in total. The van der Waals surface area contributed by atoms with Gasteiger partial charge in [0.15, 0.2) is 0 Å². The monoisotopic (exact) mass is 414 g/mol. The van der Waals surface area contributed by atoms with Gasteiger partial charge in [0.1, 0.15) is 17.5 Å². The zero-order chi connectivity index (χ0) is 21.4. The smallest absolute Gasteiger partial charge is 0.255 e. The van der Waals surface area contributed by atoms with Gasteiger partial charge in [0.05, 0.1) is 6.54 Å². The molecule has 4 aromatic rings. The lowest BCUT2D eigenvalue weighted by molar-refractivity contribution is -0.125. The van der Waals surface area contributed by atoms with Gasteiger partial charge in [0.25, 0.3) is 5.91 Å². The van der Waals surface area contributed by atoms with E-state index in [1.165, 1.54) is 12.1 Å². The number of amides is 2. The van der Waals surface area contributed by atoms with Gasteiger partial charge in [-0.2, -0.15) is 0 Å². The number of carbonyl (C=O) groups excluding carboxylic acids is 2. The number of nitrogens with one attached hydrogen (secondary N) is 2. The molecule has 154 valence electrons. The van der Waals surface area contributed by atoms with E-state index in [0.29, 0.717) is 11.1 Å². The molecular weight excluding hydrogens is 395 g/mol. The van der Waals surface area contributed by atoms with Crippen LogP contribution in [0, 0.1) is 5.82 Å². The lowest BCUT2D eigenvalue weighted by Crippen LogP contribution is -2.38. The fourth-order valence-electron chi connectivity index (χ4n) is 3.99. The molecule has 2 aromatic heterocycles. The first-order valence-corrected chi connectivity index (χ1v) is 9.95. The van der Waals surface area contributed by atoms with Gasteiger partial charge < -0.3 is 15.2 Å². The van der Waals surface area contributed by atoms with Crippen molar-refractivity contribution >= 4 is 22.8 Å². The van der Waals surface area contributed by atoms with Gasteiger partial charge in [-0.3, -0.25) is 9.59 Å². The lowest BCUT2D eigenvalue weighted by Gasteiger charge is -2.24. The Kier molecular flexibility index (Phi) is 4.71. The number of benzene rings is 2. The van der Waals surface area contributed by atoms with E-state index in [2.05, 4.69) is 15.3 Å². The molecule has 0 aliphatic carbocycles. The van der Waals surface area contributed by atoms with Crippen LogP contribution in [0.1, 0.15) is 33.2 Å². The van der Waals surface area contributed by atoms with Crippen molar-refractivity contribution in [3.8, 4) is 0 Å². The second kappa shape index (κ2) is 7.68. The topological polar surface area (TPSA) is 78.1 Å². The SMILES string of the molecule is O=C(NCc1ccc(F)cc1)C1c2ccccc2C(=O)N1Cc1cc2cccnc2[nH]1. The average molecular weight is 414 g/mol. The molecule has 31 heavy (non-hydrogen) atoms. The van der Waals surface area contributed by atoms with Gasteiger partial charge in [-0.25, -0.2) is 9.37 Å². The number of pyridine rings is 1. The Balaban J connectivity index is 1.42. The first-order chi connectivity index (χ1) is 15.1. The summed E-state index contributed by atoms with van der Waals surface area (Å²) in [5.74, 6) is -0.801. The highest BCUT2D eigenvalue weighted by Gasteiger charge is 2.40. The molecule has 2 amide bonds. The number of aromatic nitrogens is 2. The maximum absolute atomic E-state index is 13.2. The van der Waals surface area contributed by atoms with Crippen LogP contribution in [0.4, 0.5) is 4.39 Å². The van der Waals surface area contributed by atoms with Gasteiger partial charge in [-0.05, 0) is 47.5 Å². The summed E-state index contributed by atoms with van der Waals surface area (Å²) in [7, 11) is 0. The van der Waals surface area contributed by atoms with Crippen LogP contribution in [0.5, 0.6) is 0 Å². The predicted octanol–water partition coefficient (Wildman–Crippen LogP) is 3.72. The van der Waals surface area contributed by atoms with E-state index in [9.17, 15) is 14.0 Å². The number of halogens is 1. The molecule has 2 N–H and O–H groups in total. The molecule has 7 heteroatoms. The highest BCUT2D eigenvalue weighted by Crippen LogP contribution is 2.35. The summed E-state index contributed by atoms with van der Waals surface area (Å²) in [6.07, 6.45) is 1.70. The molecule has 0 saturated heterocycles. The number of rotatable bonds is 5. The second-order valence-electron chi connectivity index (χ2n) is 7.50. The van der Waals surface area contributed by atoms with Gasteiger partial charge in [-0.1, -0.05) is 30.3 Å². The molecule has 5 rings (SSSR count). The summed E-state index contributed by atoms with van der Waals surface area (Å²) in [4.78, 5) is 35.4. The maximum atomic E-state index is 13.2. The number of carbonyl (C=O) groups is 2. The molecule has 1 unspecified atom stereocenters. The number of fused-ring (bicyclic) bond motifs is 2. The van der Waals surface area contributed by atoms with E-state index >= 15 is 0 Å². The van der Waals surface area contributed by atoms with E-state index < -0.39 is 6.04 Å². The van der Waals surface area contributed by atoms with Crippen LogP contribution >= 0.6 is 0 Å². The molecule has 0 fully saturated rings. The maximum Gasteiger partial charge on any atom is 0.255 e. The van der Waals surface area contributed by atoms with Gasteiger partial charge in [0.2, 0.25) is 5.91 Å². The third-order valence-electron chi connectivity index (χ3n) is 5.47. The molecule has 0 saturated carbocycles. The van der Waals surface area contributed by atoms with E-state index in [1.54, 1.807) is 35.4 Å². The van der Waals surface area contributed by atoms with E-state index in [4.69, 9.17) is 0 Å². The van der Waals surface area contributed by atoms with Gasteiger partial charge in [-0.15, -0.1) is 0 Å². The van der Waals surface area contributed by atoms with Crippen LogP contribution in [-0.4, -0.2) is 26.7 Å². The van der Waals surface area contributed by atoms with Crippen molar-refractivity contribution in [1.29, 1.82) is 0 Å². The summed E-state index contributed by atoms with van der Waals surface area (Å²) >= 11 is 0. The number of hydrogen-bond donors (Lipinski definition) is 2. The predicted molar refractivity (Wildman–Crippen MR) is 113 cm³/mol. The number of H-pyrrole nitrogens is 1. The zero-order valence-electron chi connectivity index (χ0n) is 16.5. The second-order valence-corrected chi connectivity index (χ2v) is 7.50. The van der Waals surface area contributed by atoms with Crippen molar-refractivity contribution in [2.24, 2.45) is 0 Å². The Labute approximate surface area is 177 Å². The highest BCUT2D eigenvalue weighted by atomic mass is 19.1. The van der Waals surface area contributed by atoms with Crippen LogP contribution < -0.4 is 5.32 Å². The van der Waals surface area contributed by atoms with E-state index in [0.717, 1.165) is 22.3 Å². The summed E-state index contributed by atoms with van der Waals surface area (Å²) in [5, 5.41) is 3.83. The van der Waals surface area contributed by atoms with Crippen molar-refractivity contribution in [3.63, 3.8) is 0 Å². The quantitative estimate of drug-likeness (QED) is 0.523. The molecular formula is C24H19FN4O2. The normalized spacial score (nSPS) is 15.3. The van der Waals surface area contributed by atoms with Crippen LogP contribution in [0.15, 0.2) is 72.9 Å². The van der Waals surface area contributed by atoms with Crippen LogP contribution in [0.3, 0.4) is 0 Å². The Bertz CT molecular complexity index is 1250. The number of hydrogen-bond acceptors (Lipinski definition) is 3. The first-order valence-electron chi connectivity index (χ1n) is 9.95. The summed E-state index contributed by atoms with van der Waals surface area (Å²) in [6, 6.07) is 18.1. The van der Waals surface area contributed by atoms with Crippen LogP contribution in [-0.2, 0) is 17.9 Å². The first kappa shape index (κ1) is 19.0.